The van der Waals surface area contributed by atoms with Crippen molar-refractivity contribution < 1.29 is 32.5 Å². The number of hydrogen-bond donors (Lipinski definition) is 1. The highest BCUT2D eigenvalue weighted by Gasteiger charge is 2.32. The summed E-state index contributed by atoms with van der Waals surface area (Å²) in [5.41, 5.74) is -0.745. The molecular formula is C24H31F3N4O4. The first-order valence-corrected chi connectivity index (χ1v) is 11.3. The predicted octanol–water partition coefficient (Wildman–Crippen LogP) is 4.64. The van der Waals surface area contributed by atoms with E-state index in [2.05, 4.69) is 10.2 Å². The van der Waals surface area contributed by atoms with Crippen LogP contribution < -0.4 is 4.90 Å². The van der Waals surface area contributed by atoms with Gasteiger partial charge >= 0.3 is 12.3 Å². The summed E-state index contributed by atoms with van der Waals surface area (Å²) >= 11 is 0. The highest BCUT2D eigenvalue weighted by atomic mass is 19.4. The Morgan fingerprint density at radius 3 is 2.54 bits per heavy atom. The number of anilines is 1. The molecule has 11 heteroatoms. The van der Waals surface area contributed by atoms with Crippen LogP contribution in [0.5, 0.6) is 5.75 Å². The maximum atomic E-state index is 13.0. The standard InChI is InChI=1S/C24H31F3N4O4/c1-15-12-16(24(25,26)27)13-19(32)21(15)18-6-7-20(29-28-18)31-10-11-34-17(14-31)8-9-30(5)22(33)35-23(2,3)4/h6-7,12-13,17,32H,8-11,14H2,1-5H3. The van der Waals surface area contributed by atoms with Gasteiger partial charge in [0.05, 0.1) is 24.0 Å². The van der Waals surface area contributed by atoms with Crippen LogP contribution in [-0.2, 0) is 15.7 Å². The van der Waals surface area contributed by atoms with E-state index in [1.54, 1.807) is 19.2 Å². The number of halogens is 3. The molecule has 0 radical (unpaired) electrons. The molecule has 0 saturated carbocycles. The van der Waals surface area contributed by atoms with Gasteiger partial charge in [-0.25, -0.2) is 4.79 Å². The van der Waals surface area contributed by atoms with E-state index < -0.39 is 29.2 Å². The lowest BCUT2D eigenvalue weighted by Crippen LogP contribution is -2.44. The molecule has 1 aliphatic heterocycles. The van der Waals surface area contributed by atoms with Crippen LogP contribution in [0.3, 0.4) is 0 Å². The number of ether oxygens (including phenoxy) is 2. The first kappa shape index (κ1) is 26.5. The van der Waals surface area contributed by atoms with Crippen molar-refractivity contribution >= 4 is 11.9 Å². The number of hydrogen-bond acceptors (Lipinski definition) is 7. The Bertz CT molecular complexity index is 1020. The Morgan fingerprint density at radius 2 is 1.97 bits per heavy atom. The molecule has 1 aromatic heterocycles. The van der Waals surface area contributed by atoms with Gasteiger partial charge in [-0.05, 0) is 63.9 Å². The number of carbonyl (C=O) groups excluding carboxylic acids is 1. The van der Waals surface area contributed by atoms with E-state index >= 15 is 0 Å². The number of alkyl halides is 3. The Hall–Kier alpha value is -3.08. The summed E-state index contributed by atoms with van der Waals surface area (Å²) in [6.45, 7) is 9.00. The van der Waals surface area contributed by atoms with Crippen LogP contribution >= 0.6 is 0 Å². The summed E-state index contributed by atoms with van der Waals surface area (Å²) in [7, 11) is 1.68. The lowest BCUT2D eigenvalue weighted by Gasteiger charge is -2.34. The molecule has 1 fully saturated rings. The number of benzene rings is 1. The van der Waals surface area contributed by atoms with E-state index in [9.17, 15) is 23.1 Å². The lowest BCUT2D eigenvalue weighted by molar-refractivity contribution is -0.137. The van der Waals surface area contributed by atoms with Crippen LogP contribution in [-0.4, -0.2) is 71.3 Å². The van der Waals surface area contributed by atoms with Crippen LogP contribution in [0.15, 0.2) is 24.3 Å². The second-order valence-electron chi connectivity index (χ2n) is 9.59. The molecule has 0 aliphatic carbocycles. The SMILES string of the molecule is Cc1cc(C(F)(F)F)cc(O)c1-c1ccc(N2CCOC(CCN(C)C(=O)OC(C)(C)C)C2)nn1. The average Bonchev–Trinajstić information content (AvgIpc) is 2.76. The normalized spacial score (nSPS) is 16.8. The van der Waals surface area contributed by atoms with E-state index in [-0.39, 0.29) is 22.9 Å². The molecule has 192 valence electrons. The first-order valence-electron chi connectivity index (χ1n) is 11.3. The summed E-state index contributed by atoms with van der Waals surface area (Å²) in [5.74, 6) is 0.0894. The van der Waals surface area contributed by atoms with Crippen LogP contribution in [0.2, 0.25) is 0 Å². The third-order valence-electron chi connectivity index (χ3n) is 5.50. The summed E-state index contributed by atoms with van der Waals surface area (Å²) in [6.07, 6.45) is -4.47. The highest BCUT2D eigenvalue weighted by molar-refractivity contribution is 5.71. The number of aryl methyl sites for hydroxylation is 1. The number of phenolic OH excluding ortho intramolecular Hbond substituents is 1. The number of nitrogens with zero attached hydrogens (tertiary/aromatic N) is 4. The fraction of sp³-hybridized carbons (Fsp3) is 0.542. The van der Waals surface area contributed by atoms with Gasteiger partial charge < -0.3 is 24.4 Å². The Kier molecular flexibility index (Phi) is 7.78. The fourth-order valence-corrected chi connectivity index (χ4v) is 3.76. The molecule has 0 spiro atoms. The van der Waals surface area contributed by atoms with Crippen molar-refractivity contribution in [2.45, 2.75) is 52.0 Å². The third-order valence-corrected chi connectivity index (χ3v) is 5.50. The van der Waals surface area contributed by atoms with E-state index in [4.69, 9.17) is 9.47 Å². The van der Waals surface area contributed by atoms with E-state index in [0.29, 0.717) is 44.5 Å². The van der Waals surface area contributed by atoms with Gasteiger partial charge in [0.1, 0.15) is 11.4 Å². The molecular weight excluding hydrogens is 465 g/mol. The molecule has 3 rings (SSSR count). The van der Waals surface area contributed by atoms with E-state index in [1.807, 2.05) is 25.7 Å². The van der Waals surface area contributed by atoms with Crippen LogP contribution in [0.1, 0.15) is 38.3 Å². The fourth-order valence-electron chi connectivity index (χ4n) is 3.76. The second kappa shape index (κ2) is 10.3. The second-order valence-corrected chi connectivity index (χ2v) is 9.59. The van der Waals surface area contributed by atoms with Crippen molar-refractivity contribution in [2.75, 3.05) is 38.2 Å². The summed E-state index contributed by atoms with van der Waals surface area (Å²) in [4.78, 5) is 15.7. The molecule has 8 nitrogen and oxygen atoms in total. The minimum absolute atomic E-state index is 0.128. The molecule has 2 aromatic rings. The zero-order valence-electron chi connectivity index (χ0n) is 20.5. The first-order chi connectivity index (χ1) is 16.2. The van der Waals surface area contributed by atoms with Crippen molar-refractivity contribution in [3.05, 3.63) is 35.4 Å². The average molecular weight is 497 g/mol. The Labute approximate surface area is 202 Å². The summed E-state index contributed by atoms with van der Waals surface area (Å²) in [5, 5.41) is 18.6. The van der Waals surface area contributed by atoms with Crippen molar-refractivity contribution in [3.63, 3.8) is 0 Å². The van der Waals surface area contributed by atoms with E-state index in [0.717, 1.165) is 6.07 Å². The molecule has 1 aliphatic rings. The van der Waals surface area contributed by atoms with Crippen LogP contribution in [0.4, 0.5) is 23.8 Å². The molecule has 1 saturated heterocycles. The number of morpholine rings is 1. The Morgan fingerprint density at radius 1 is 1.26 bits per heavy atom. The van der Waals surface area contributed by atoms with Crippen molar-refractivity contribution in [2.24, 2.45) is 0 Å². The van der Waals surface area contributed by atoms with Gasteiger partial charge in [-0.1, -0.05) is 0 Å². The molecule has 1 amide bonds. The number of amides is 1. The van der Waals surface area contributed by atoms with Crippen molar-refractivity contribution in [3.8, 4) is 17.0 Å². The molecule has 0 bridgehead atoms. The van der Waals surface area contributed by atoms with Crippen molar-refractivity contribution in [1.29, 1.82) is 0 Å². The molecule has 1 N–H and O–H groups in total. The maximum Gasteiger partial charge on any atom is 0.416 e. The predicted molar refractivity (Wildman–Crippen MR) is 124 cm³/mol. The number of phenols is 1. The summed E-state index contributed by atoms with van der Waals surface area (Å²) in [6, 6.07) is 5.01. The van der Waals surface area contributed by atoms with E-state index in [1.165, 1.54) is 11.8 Å². The maximum absolute atomic E-state index is 13.0. The van der Waals surface area contributed by atoms with Gasteiger partial charge in [-0.15, -0.1) is 10.2 Å². The van der Waals surface area contributed by atoms with Gasteiger partial charge in [0.25, 0.3) is 0 Å². The van der Waals surface area contributed by atoms with Crippen molar-refractivity contribution in [1.82, 2.24) is 15.1 Å². The minimum Gasteiger partial charge on any atom is -0.507 e. The monoisotopic (exact) mass is 496 g/mol. The molecule has 35 heavy (non-hydrogen) atoms. The van der Waals surface area contributed by atoms with Gasteiger partial charge in [-0.2, -0.15) is 13.2 Å². The molecule has 2 heterocycles. The van der Waals surface area contributed by atoms with Gasteiger partial charge in [0.15, 0.2) is 5.82 Å². The van der Waals surface area contributed by atoms with Gasteiger partial charge in [0.2, 0.25) is 0 Å². The molecule has 1 unspecified atom stereocenters. The largest absolute Gasteiger partial charge is 0.507 e. The highest BCUT2D eigenvalue weighted by Crippen LogP contribution is 2.38. The van der Waals surface area contributed by atoms with Gasteiger partial charge in [0, 0.05) is 32.2 Å². The smallest absolute Gasteiger partial charge is 0.416 e. The topological polar surface area (TPSA) is 88.0 Å². The molecule has 1 aromatic carbocycles. The quantitative estimate of drug-likeness (QED) is 0.645. The third kappa shape index (κ3) is 6.97. The van der Waals surface area contributed by atoms with Crippen LogP contribution in [0.25, 0.3) is 11.3 Å². The van der Waals surface area contributed by atoms with Gasteiger partial charge in [-0.3, -0.25) is 0 Å². The zero-order chi connectivity index (χ0) is 26.0. The number of aromatic hydroxyl groups is 1. The summed E-state index contributed by atoms with van der Waals surface area (Å²) < 4.78 is 50.2. The zero-order valence-corrected chi connectivity index (χ0v) is 20.5. The Balaban J connectivity index is 1.64. The number of carbonyl (C=O) groups is 1. The number of rotatable bonds is 5. The lowest BCUT2D eigenvalue weighted by atomic mass is 10.0. The van der Waals surface area contributed by atoms with Crippen LogP contribution in [0, 0.1) is 6.92 Å². The number of aromatic nitrogens is 2. The molecule has 1 atom stereocenters. The minimum atomic E-state index is -4.55.